The molecule has 0 saturated heterocycles. The summed E-state index contributed by atoms with van der Waals surface area (Å²) < 4.78 is 5.87. The van der Waals surface area contributed by atoms with E-state index >= 15 is 0 Å². The topological polar surface area (TPSA) is 66.1 Å². The van der Waals surface area contributed by atoms with Gasteiger partial charge in [0.05, 0.1) is 16.9 Å². The van der Waals surface area contributed by atoms with Gasteiger partial charge in [0.25, 0.3) is 0 Å². The van der Waals surface area contributed by atoms with Crippen LogP contribution in [0.4, 0.5) is 0 Å². The van der Waals surface area contributed by atoms with Gasteiger partial charge in [-0.2, -0.15) is 5.10 Å². The Morgan fingerprint density at radius 1 is 1.25 bits per heavy atom. The SMILES string of the molecule is CNCCN(C)Cc1[nH]nc2ccc(OCc3ccccn3)cc12. The van der Waals surface area contributed by atoms with Crippen LogP contribution >= 0.6 is 0 Å². The minimum atomic E-state index is 0.460. The van der Waals surface area contributed by atoms with Crippen molar-refractivity contribution in [2.75, 3.05) is 27.2 Å². The highest BCUT2D eigenvalue weighted by Crippen LogP contribution is 2.23. The predicted octanol–water partition coefficient (Wildman–Crippen LogP) is 2.19. The first-order chi connectivity index (χ1) is 11.8. The Balaban J connectivity index is 1.71. The largest absolute Gasteiger partial charge is 0.487 e. The Kier molecular flexibility index (Phi) is 5.40. The van der Waals surface area contributed by atoms with Crippen LogP contribution in [0.2, 0.25) is 0 Å². The van der Waals surface area contributed by atoms with E-state index in [0.717, 1.165) is 47.7 Å². The number of H-pyrrole nitrogens is 1. The Hall–Kier alpha value is -2.44. The van der Waals surface area contributed by atoms with Gasteiger partial charge in [-0.15, -0.1) is 0 Å². The summed E-state index contributed by atoms with van der Waals surface area (Å²) >= 11 is 0. The molecule has 0 aliphatic carbocycles. The smallest absolute Gasteiger partial charge is 0.130 e. The predicted molar refractivity (Wildman–Crippen MR) is 94.9 cm³/mol. The zero-order chi connectivity index (χ0) is 16.8. The molecule has 24 heavy (non-hydrogen) atoms. The lowest BCUT2D eigenvalue weighted by Crippen LogP contribution is -2.27. The molecule has 0 aliphatic heterocycles. The molecule has 0 bridgehead atoms. The second-order valence-corrected chi connectivity index (χ2v) is 5.83. The van der Waals surface area contributed by atoms with Crippen molar-refractivity contribution in [2.45, 2.75) is 13.2 Å². The molecule has 0 unspecified atom stereocenters. The molecule has 1 aromatic carbocycles. The molecule has 0 atom stereocenters. The summed E-state index contributed by atoms with van der Waals surface area (Å²) in [5, 5.41) is 11.8. The van der Waals surface area contributed by atoms with Crippen molar-refractivity contribution in [3.05, 3.63) is 54.0 Å². The van der Waals surface area contributed by atoms with Gasteiger partial charge in [-0.05, 0) is 44.4 Å². The summed E-state index contributed by atoms with van der Waals surface area (Å²) in [5.41, 5.74) is 2.97. The van der Waals surface area contributed by atoms with Gasteiger partial charge in [-0.1, -0.05) is 6.07 Å². The van der Waals surface area contributed by atoms with E-state index in [1.54, 1.807) is 6.20 Å². The number of pyridine rings is 1. The third kappa shape index (κ3) is 4.10. The number of hydrogen-bond acceptors (Lipinski definition) is 5. The number of ether oxygens (including phenoxy) is 1. The summed E-state index contributed by atoms with van der Waals surface area (Å²) in [6, 6.07) is 11.8. The fraction of sp³-hybridized carbons (Fsp3) is 0.333. The molecule has 2 aromatic heterocycles. The zero-order valence-corrected chi connectivity index (χ0v) is 14.1. The van der Waals surface area contributed by atoms with Crippen LogP contribution in [-0.4, -0.2) is 47.3 Å². The van der Waals surface area contributed by atoms with Crippen LogP contribution in [0.3, 0.4) is 0 Å². The Bertz CT molecular complexity index is 771. The monoisotopic (exact) mass is 325 g/mol. The van der Waals surface area contributed by atoms with Gasteiger partial charge < -0.3 is 10.1 Å². The van der Waals surface area contributed by atoms with Crippen molar-refractivity contribution >= 4 is 10.9 Å². The second-order valence-electron chi connectivity index (χ2n) is 5.83. The molecule has 0 saturated carbocycles. The number of nitrogens with one attached hydrogen (secondary N) is 2. The summed E-state index contributed by atoms with van der Waals surface area (Å²) in [6.07, 6.45) is 1.77. The van der Waals surface area contributed by atoms with Crippen molar-refractivity contribution in [1.82, 2.24) is 25.4 Å². The molecule has 6 nitrogen and oxygen atoms in total. The minimum Gasteiger partial charge on any atom is -0.487 e. The number of hydrogen-bond donors (Lipinski definition) is 2. The van der Waals surface area contributed by atoms with E-state index in [0.29, 0.717) is 6.61 Å². The Morgan fingerprint density at radius 3 is 2.96 bits per heavy atom. The van der Waals surface area contributed by atoms with Gasteiger partial charge in [0.2, 0.25) is 0 Å². The maximum Gasteiger partial charge on any atom is 0.130 e. The third-order valence-corrected chi connectivity index (χ3v) is 3.89. The second kappa shape index (κ2) is 7.90. The zero-order valence-electron chi connectivity index (χ0n) is 14.1. The normalized spacial score (nSPS) is 11.3. The number of aromatic nitrogens is 3. The summed E-state index contributed by atoms with van der Waals surface area (Å²) in [6.45, 7) is 3.22. The molecule has 0 spiro atoms. The molecule has 2 heterocycles. The fourth-order valence-corrected chi connectivity index (χ4v) is 2.55. The summed E-state index contributed by atoms with van der Waals surface area (Å²) in [4.78, 5) is 6.53. The quantitative estimate of drug-likeness (QED) is 0.664. The molecule has 0 amide bonds. The minimum absolute atomic E-state index is 0.460. The van der Waals surface area contributed by atoms with Crippen LogP contribution in [0.15, 0.2) is 42.6 Å². The highest BCUT2D eigenvalue weighted by atomic mass is 16.5. The van der Waals surface area contributed by atoms with Crippen LogP contribution in [0.25, 0.3) is 10.9 Å². The van der Waals surface area contributed by atoms with E-state index < -0.39 is 0 Å². The van der Waals surface area contributed by atoms with Gasteiger partial charge >= 0.3 is 0 Å². The number of nitrogens with zero attached hydrogens (tertiary/aromatic N) is 3. The molecule has 0 fully saturated rings. The lowest BCUT2D eigenvalue weighted by Gasteiger charge is -2.15. The van der Waals surface area contributed by atoms with Crippen molar-refractivity contribution in [2.24, 2.45) is 0 Å². The molecule has 126 valence electrons. The number of benzene rings is 1. The summed E-state index contributed by atoms with van der Waals surface area (Å²) in [7, 11) is 4.07. The van der Waals surface area contributed by atoms with E-state index in [9.17, 15) is 0 Å². The van der Waals surface area contributed by atoms with Crippen LogP contribution in [0.1, 0.15) is 11.4 Å². The van der Waals surface area contributed by atoms with Crippen molar-refractivity contribution in [3.8, 4) is 5.75 Å². The van der Waals surface area contributed by atoms with Crippen LogP contribution in [0, 0.1) is 0 Å². The Morgan fingerprint density at radius 2 is 2.17 bits per heavy atom. The van der Waals surface area contributed by atoms with Crippen molar-refractivity contribution in [1.29, 1.82) is 0 Å². The lowest BCUT2D eigenvalue weighted by atomic mass is 10.2. The van der Waals surface area contributed by atoms with Gasteiger partial charge in [0.1, 0.15) is 12.4 Å². The van der Waals surface area contributed by atoms with Crippen LogP contribution < -0.4 is 10.1 Å². The average molecular weight is 325 g/mol. The maximum atomic E-state index is 5.87. The number of rotatable bonds is 8. The van der Waals surface area contributed by atoms with Crippen molar-refractivity contribution < 1.29 is 4.74 Å². The van der Waals surface area contributed by atoms with Gasteiger partial charge in [-0.3, -0.25) is 15.0 Å². The number of fused-ring (bicyclic) bond motifs is 1. The van der Waals surface area contributed by atoms with E-state index in [-0.39, 0.29) is 0 Å². The molecule has 3 aromatic rings. The summed E-state index contributed by atoms with van der Waals surface area (Å²) in [5.74, 6) is 0.827. The van der Waals surface area contributed by atoms with Gasteiger partial charge in [-0.25, -0.2) is 0 Å². The van der Waals surface area contributed by atoms with E-state index in [2.05, 4.69) is 32.4 Å². The van der Waals surface area contributed by atoms with E-state index in [1.165, 1.54) is 0 Å². The standard InChI is InChI=1S/C18H23N5O/c1-19-9-10-23(2)12-18-16-11-15(6-7-17(16)21-22-18)24-13-14-5-3-4-8-20-14/h3-8,11,19H,9-10,12-13H2,1-2H3,(H,21,22). The number of likely N-dealkylation sites (N-methyl/N-ethyl adjacent to an activating group) is 2. The van der Waals surface area contributed by atoms with Crippen LogP contribution in [-0.2, 0) is 13.2 Å². The molecule has 0 aliphatic rings. The first kappa shape index (κ1) is 16.4. The molecule has 3 rings (SSSR count). The van der Waals surface area contributed by atoms with Crippen molar-refractivity contribution in [3.63, 3.8) is 0 Å². The third-order valence-electron chi connectivity index (χ3n) is 3.89. The average Bonchev–Trinajstić information content (AvgIpc) is 3.01. The van der Waals surface area contributed by atoms with E-state index in [1.807, 2.05) is 43.4 Å². The highest BCUT2D eigenvalue weighted by Gasteiger charge is 2.09. The van der Waals surface area contributed by atoms with Gasteiger partial charge in [0, 0.05) is 31.2 Å². The molecular formula is C18H23N5O. The molecule has 0 radical (unpaired) electrons. The maximum absolute atomic E-state index is 5.87. The number of aromatic amines is 1. The lowest BCUT2D eigenvalue weighted by molar-refractivity contribution is 0.301. The van der Waals surface area contributed by atoms with Crippen LogP contribution in [0.5, 0.6) is 5.75 Å². The van der Waals surface area contributed by atoms with Gasteiger partial charge in [0.15, 0.2) is 0 Å². The molecule has 2 N–H and O–H groups in total. The first-order valence-electron chi connectivity index (χ1n) is 8.09. The van der Waals surface area contributed by atoms with E-state index in [4.69, 9.17) is 4.74 Å². The fourth-order valence-electron chi connectivity index (χ4n) is 2.55. The first-order valence-corrected chi connectivity index (χ1v) is 8.09. The highest BCUT2D eigenvalue weighted by molar-refractivity contribution is 5.82. The molecule has 6 heteroatoms. The Labute approximate surface area is 141 Å². The molecular weight excluding hydrogens is 302 g/mol.